The molecule has 0 saturated heterocycles. The van der Waals surface area contributed by atoms with E-state index in [0.29, 0.717) is 12.1 Å². The van der Waals surface area contributed by atoms with Crippen LogP contribution in [-0.2, 0) is 13.0 Å². The maximum atomic E-state index is 13.0. The highest BCUT2D eigenvalue weighted by Crippen LogP contribution is 2.28. The smallest absolute Gasteiger partial charge is 0.269 e. The fourth-order valence-electron chi connectivity index (χ4n) is 3.41. The van der Waals surface area contributed by atoms with Gasteiger partial charge in [-0.1, -0.05) is 30.3 Å². The molecule has 0 unspecified atom stereocenters. The maximum Gasteiger partial charge on any atom is 0.269 e. The molecule has 2 aromatic carbocycles. The van der Waals surface area contributed by atoms with Crippen molar-refractivity contribution in [2.45, 2.75) is 13.0 Å². The van der Waals surface area contributed by atoms with Gasteiger partial charge in [0.1, 0.15) is 0 Å². The molecule has 0 aliphatic carbocycles. The van der Waals surface area contributed by atoms with Crippen LogP contribution in [0.25, 0.3) is 0 Å². The van der Waals surface area contributed by atoms with Gasteiger partial charge in [0.25, 0.3) is 17.2 Å². The summed E-state index contributed by atoms with van der Waals surface area (Å²) in [6.07, 6.45) is 2.36. The summed E-state index contributed by atoms with van der Waals surface area (Å²) in [7, 11) is 0. The van der Waals surface area contributed by atoms with E-state index in [2.05, 4.69) is 0 Å². The summed E-state index contributed by atoms with van der Waals surface area (Å²) < 4.78 is 1.44. The molecule has 1 aliphatic rings. The molecule has 1 aromatic heterocycles. The first-order chi connectivity index (χ1) is 13.5. The Morgan fingerprint density at radius 3 is 2.54 bits per heavy atom. The summed E-state index contributed by atoms with van der Waals surface area (Å²) in [6.45, 7) is 0.841. The minimum absolute atomic E-state index is 0.00674. The van der Waals surface area contributed by atoms with Crippen LogP contribution in [0.1, 0.15) is 21.5 Å². The van der Waals surface area contributed by atoms with Crippen molar-refractivity contribution in [2.24, 2.45) is 0 Å². The Balaban J connectivity index is 1.60. The molecule has 0 radical (unpaired) electrons. The normalized spacial score (nSPS) is 12.6. The van der Waals surface area contributed by atoms with Gasteiger partial charge in [-0.3, -0.25) is 19.7 Å². The van der Waals surface area contributed by atoms with Crippen LogP contribution in [0.15, 0.2) is 71.7 Å². The van der Waals surface area contributed by atoms with E-state index < -0.39 is 4.92 Å². The average Bonchev–Trinajstić information content (AvgIpc) is 3.13. The summed E-state index contributed by atoms with van der Waals surface area (Å²) in [5.41, 5.74) is 2.96. The van der Waals surface area contributed by atoms with Crippen LogP contribution < -0.4 is 10.5 Å². The predicted octanol–water partition coefficient (Wildman–Crippen LogP) is 3.01. The fourth-order valence-corrected chi connectivity index (χ4v) is 3.41. The van der Waals surface area contributed by atoms with Gasteiger partial charge in [0.15, 0.2) is 0 Å². The third kappa shape index (κ3) is 3.29. The lowest BCUT2D eigenvalue weighted by Crippen LogP contribution is -2.30. The number of non-ortho nitro benzene ring substituents is 1. The SMILES string of the molecule is O=C(c1ccc(=O)n(Cc2ccc([N+](=O)[O-])cc2)c1)N1CCc2ccccc21. The second-order valence-corrected chi connectivity index (χ2v) is 6.64. The van der Waals surface area contributed by atoms with E-state index in [1.54, 1.807) is 23.2 Å². The van der Waals surface area contributed by atoms with E-state index in [9.17, 15) is 19.7 Å². The molecule has 1 aliphatic heterocycles. The zero-order chi connectivity index (χ0) is 19.7. The van der Waals surface area contributed by atoms with E-state index in [0.717, 1.165) is 23.2 Å². The number of pyridine rings is 1. The third-order valence-electron chi connectivity index (χ3n) is 4.86. The molecule has 1 amide bonds. The quantitative estimate of drug-likeness (QED) is 0.518. The van der Waals surface area contributed by atoms with E-state index in [1.807, 2.05) is 24.3 Å². The Morgan fingerprint density at radius 2 is 1.79 bits per heavy atom. The molecule has 0 atom stereocenters. The molecule has 3 aromatic rings. The van der Waals surface area contributed by atoms with Gasteiger partial charge in [-0.15, -0.1) is 0 Å². The first-order valence-corrected chi connectivity index (χ1v) is 8.86. The van der Waals surface area contributed by atoms with E-state index in [-0.39, 0.29) is 23.7 Å². The zero-order valence-electron chi connectivity index (χ0n) is 14.9. The van der Waals surface area contributed by atoms with Crippen molar-refractivity contribution >= 4 is 17.3 Å². The van der Waals surface area contributed by atoms with E-state index in [4.69, 9.17) is 0 Å². The number of benzene rings is 2. The number of nitro benzene ring substituents is 1. The van der Waals surface area contributed by atoms with Crippen molar-refractivity contribution in [2.75, 3.05) is 11.4 Å². The molecule has 28 heavy (non-hydrogen) atoms. The summed E-state index contributed by atoms with van der Waals surface area (Å²) in [5.74, 6) is -0.151. The van der Waals surface area contributed by atoms with Gasteiger partial charge in [0, 0.05) is 36.6 Å². The van der Waals surface area contributed by atoms with Gasteiger partial charge in [0.2, 0.25) is 0 Å². The number of carbonyl (C=O) groups is 1. The van der Waals surface area contributed by atoms with Crippen molar-refractivity contribution in [3.8, 4) is 0 Å². The first kappa shape index (κ1) is 17.7. The maximum absolute atomic E-state index is 13.0. The molecule has 7 nitrogen and oxygen atoms in total. The number of para-hydroxylation sites is 1. The zero-order valence-corrected chi connectivity index (χ0v) is 14.9. The van der Waals surface area contributed by atoms with Crippen LogP contribution in [0.2, 0.25) is 0 Å². The molecular formula is C21H17N3O4. The minimum Gasteiger partial charge on any atom is -0.310 e. The summed E-state index contributed by atoms with van der Waals surface area (Å²) >= 11 is 0. The third-order valence-corrected chi connectivity index (χ3v) is 4.86. The minimum atomic E-state index is -0.469. The number of fused-ring (bicyclic) bond motifs is 1. The Kier molecular flexibility index (Phi) is 4.49. The topological polar surface area (TPSA) is 85.4 Å². The van der Waals surface area contributed by atoms with Gasteiger partial charge < -0.3 is 9.47 Å². The van der Waals surface area contributed by atoms with Crippen LogP contribution >= 0.6 is 0 Å². The Hall–Kier alpha value is -3.74. The summed E-state index contributed by atoms with van der Waals surface area (Å²) in [5, 5.41) is 10.8. The number of hydrogen-bond donors (Lipinski definition) is 0. The molecule has 0 saturated carbocycles. The molecule has 140 valence electrons. The van der Waals surface area contributed by atoms with Crippen molar-refractivity contribution < 1.29 is 9.72 Å². The van der Waals surface area contributed by atoms with Gasteiger partial charge in [-0.05, 0) is 29.7 Å². The second kappa shape index (κ2) is 7.11. The van der Waals surface area contributed by atoms with Crippen LogP contribution in [0, 0.1) is 10.1 Å². The van der Waals surface area contributed by atoms with Crippen LogP contribution in [0.5, 0.6) is 0 Å². The largest absolute Gasteiger partial charge is 0.310 e. The first-order valence-electron chi connectivity index (χ1n) is 8.86. The number of nitrogens with zero attached hydrogens (tertiary/aromatic N) is 3. The number of nitro groups is 1. The standard InChI is InChI=1S/C21H17N3O4/c25-20-10-7-17(21(26)23-12-11-16-3-1-2-4-19(16)23)14-22(20)13-15-5-8-18(9-6-15)24(27)28/h1-10,14H,11-13H2. The van der Waals surface area contributed by atoms with Gasteiger partial charge in [-0.25, -0.2) is 0 Å². The Bertz CT molecular complexity index is 1120. The molecule has 0 bridgehead atoms. The highest BCUT2D eigenvalue weighted by molar-refractivity contribution is 6.07. The fraction of sp³-hybridized carbons (Fsp3) is 0.143. The average molecular weight is 375 g/mol. The van der Waals surface area contributed by atoms with Crippen LogP contribution in [0.4, 0.5) is 11.4 Å². The van der Waals surface area contributed by atoms with Crippen molar-refractivity contribution in [1.29, 1.82) is 0 Å². The number of hydrogen-bond acceptors (Lipinski definition) is 4. The highest BCUT2D eigenvalue weighted by Gasteiger charge is 2.25. The number of anilines is 1. The monoisotopic (exact) mass is 375 g/mol. The van der Waals surface area contributed by atoms with E-state index >= 15 is 0 Å². The van der Waals surface area contributed by atoms with Crippen molar-refractivity contribution in [3.63, 3.8) is 0 Å². The molecule has 4 rings (SSSR count). The predicted molar refractivity (Wildman–Crippen MR) is 105 cm³/mol. The summed E-state index contributed by atoms with van der Waals surface area (Å²) in [6, 6.07) is 16.7. The Morgan fingerprint density at radius 1 is 1.04 bits per heavy atom. The molecule has 2 heterocycles. The lowest BCUT2D eigenvalue weighted by Gasteiger charge is -2.18. The lowest BCUT2D eigenvalue weighted by molar-refractivity contribution is -0.384. The van der Waals surface area contributed by atoms with Crippen molar-refractivity contribution in [1.82, 2.24) is 4.57 Å². The Labute approximate surface area is 160 Å². The number of carbonyl (C=O) groups excluding carboxylic acids is 1. The molecular weight excluding hydrogens is 358 g/mol. The number of amides is 1. The molecule has 0 N–H and O–H groups in total. The molecule has 0 spiro atoms. The van der Waals surface area contributed by atoms with Crippen LogP contribution in [0.3, 0.4) is 0 Å². The van der Waals surface area contributed by atoms with Gasteiger partial charge >= 0.3 is 0 Å². The number of rotatable bonds is 4. The molecule has 0 fully saturated rings. The van der Waals surface area contributed by atoms with E-state index in [1.165, 1.54) is 28.8 Å². The van der Waals surface area contributed by atoms with Crippen molar-refractivity contribution in [3.05, 3.63) is 104 Å². The summed E-state index contributed by atoms with van der Waals surface area (Å²) in [4.78, 5) is 37.2. The van der Waals surface area contributed by atoms with Crippen LogP contribution in [-0.4, -0.2) is 21.9 Å². The number of aromatic nitrogens is 1. The second-order valence-electron chi connectivity index (χ2n) is 6.64. The molecule has 7 heteroatoms. The lowest BCUT2D eigenvalue weighted by atomic mass is 10.1. The van der Waals surface area contributed by atoms with Gasteiger partial charge in [0.05, 0.1) is 17.0 Å². The van der Waals surface area contributed by atoms with Gasteiger partial charge in [-0.2, -0.15) is 0 Å². The highest BCUT2D eigenvalue weighted by atomic mass is 16.6.